The van der Waals surface area contributed by atoms with Gasteiger partial charge in [0.05, 0.1) is 5.88 Å². The molecule has 1 aromatic carbocycles. The van der Waals surface area contributed by atoms with E-state index in [2.05, 4.69) is 18.2 Å². The van der Waals surface area contributed by atoms with Crippen molar-refractivity contribution in [1.82, 2.24) is 0 Å². The average Bonchev–Trinajstić information content (AvgIpc) is 2.26. The molecular formula is C12H15ClO. The molecule has 0 saturated carbocycles. The molecule has 14 heavy (non-hydrogen) atoms. The lowest BCUT2D eigenvalue weighted by Crippen LogP contribution is -2.07. The number of rotatable bonds is 3. The number of aryl methyl sites for hydroxylation is 1. The summed E-state index contributed by atoms with van der Waals surface area (Å²) in [6.07, 6.45) is 4.96. The van der Waals surface area contributed by atoms with Crippen LogP contribution < -0.4 is 4.74 Å². The minimum Gasteiger partial charge on any atom is -0.492 e. The van der Waals surface area contributed by atoms with Crippen LogP contribution in [0.4, 0.5) is 0 Å². The van der Waals surface area contributed by atoms with E-state index >= 15 is 0 Å². The van der Waals surface area contributed by atoms with Crippen LogP contribution in [-0.2, 0) is 12.8 Å². The predicted octanol–water partition coefficient (Wildman–Crippen LogP) is 3.18. The molecule has 0 fully saturated rings. The Hall–Kier alpha value is -0.690. The molecular weight excluding hydrogens is 196 g/mol. The molecule has 1 aromatic rings. The van der Waals surface area contributed by atoms with Crippen LogP contribution in [0.5, 0.6) is 5.75 Å². The van der Waals surface area contributed by atoms with Gasteiger partial charge >= 0.3 is 0 Å². The van der Waals surface area contributed by atoms with Gasteiger partial charge in [-0.2, -0.15) is 0 Å². The standard InChI is InChI=1S/C12H15ClO/c13-8-9-14-12-7-3-5-10-4-1-2-6-11(10)12/h3,5,7H,1-2,4,6,8-9H2. The highest BCUT2D eigenvalue weighted by atomic mass is 35.5. The van der Waals surface area contributed by atoms with E-state index in [-0.39, 0.29) is 0 Å². The van der Waals surface area contributed by atoms with Crippen LogP contribution in [0, 0.1) is 0 Å². The van der Waals surface area contributed by atoms with E-state index in [0.29, 0.717) is 12.5 Å². The molecule has 0 spiro atoms. The van der Waals surface area contributed by atoms with E-state index in [9.17, 15) is 0 Å². The van der Waals surface area contributed by atoms with Crippen LogP contribution in [0.1, 0.15) is 24.0 Å². The molecule has 2 rings (SSSR count). The van der Waals surface area contributed by atoms with E-state index in [0.717, 1.165) is 12.2 Å². The third-order valence-electron chi connectivity index (χ3n) is 2.69. The minimum atomic E-state index is 0.559. The quantitative estimate of drug-likeness (QED) is 0.697. The van der Waals surface area contributed by atoms with Crippen LogP contribution in [-0.4, -0.2) is 12.5 Å². The molecule has 0 heterocycles. The first-order valence-corrected chi connectivity index (χ1v) is 5.75. The zero-order valence-corrected chi connectivity index (χ0v) is 9.02. The molecule has 2 heteroatoms. The summed E-state index contributed by atoms with van der Waals surface area (Å²) in [7, 11) is 0. The van der Waals surface area contributed by atoms with Gasteiger partial charge in [-0.05, 0) is 42.9 Å². The Kier molecular flexibility index (Phi) is 3.30. The number of benzene rings is 1. The maximum atomic E-state index is 5.62. The van der Waals surface area contributed by atoms with Gasteiger partial charge in [0.1, 0.15) is 12.4 Å². The van der Waals surface area contributed by atoms with E-state index in [4.69, 9.17) is 16.3 Å². The van der Waals surface area contributed by atoms with Gasteiger partial charge < -0.3 is 4.74 Å². The molecule has 76 valence electrons. The maximum absolute atomic E-state index is 5.62. The van der Waals surface area contributed by atoms with Crippen molar-refractivity contribution in [3.8, 4) is 5.75 Å². The zero-order valence-electron chi connectivity index (χ0n) is 8.26. The van der Waals surface area contributed by atoms with Crippen LogP contribution in [0.3, 0.4) is 0 Å². The second-order valence-corrected chi connectivity index (χ2v) is 4.02. The lowest BCUT2D eigenvalue weighted by molar-refractivity contribution is 0.337. The zero-order chi connectivity index (χ0) is 9.80. The molecule has 0 amide bonds. The highest BCUT2D eigenvalue weighted by molar-refractivity contribution is 6.18. The Labute approximate surface area is 90.0 Å². The van der Waals surface area contributed by atoms with Gasteiger partial charge in [-0.15, -0.1) is 11.6 Å². The predicted molar refractivity (Wildman–Crippen MR) is 59.3 cm³/mol. The Bertz CT molecular complexity index is 309. The van der Waals surface area contributed by atoms with Gasteiger partial charge in [0.15, 0.2) is 0 Å². The Morgan fingerprint density at radius 2 is 2.07 bits per heavy atom. The van der Waals surface area contributed by atoms with Crippen molar-refractivity contribution >= 4 is 11.6 Å². The van der Waals surface area contributed by atoms with Gasteiger partial charge in [-0.1, -0.05) is 12.1 Å². The number of fused-ring (bicyclic) bond motifs is 1. The van der Waals surface area contributed by atoms with Gasteiger partial charge in [0, 0.05) is 0 Å². The third-order valence-corrected chi connectivity index (χ3v) is 2.84. The molecule has 0 N–H and O–H groups in total. The maximum Gasteiger partial charge on any atom is 0.122 e. The van der Waals surface area contributed by atoms with Crippen molar-refractivity contribution in [3.63, 3.8) is 0 Å². The lowest BCUT2D eigenvalue weighted by Gasteiger charge is -2.19. The van der Waals surface area contributed by atoms with Gasteiger partial charge in [-0.25, -0.2) is 0 Å². The van der Waals surface area contributed by atoms with Crippen LogP contribution in [0.2, 0.25) is 0 Å². The van der Waals surface area contributed by atoms with Crippen LogP contribution in [0.15, 0.2) is 18.2 Å². The first-order valence-electron chi connectivity index (χ1n) is 5.21. The Morgan fingerprint density at radius 3 is 2.93 bits per heavy atom. The summed E-state index contributed by atoms with van der Waals surface area (Å²) >= 11 is 5.61. The minimum absolute atomic E-state index is 0.559. The summed E-state index contributed by atoms with van der Waals surface area (Å²) in [5, 5.41) is 0. The summed E-state index contributed by atoms with van der Waals surface area (Å²) in [6.45, 7) is 0.609. The number of hydrogen-bond donors (Lipinski definition) is 0. The highest BCUT2D eigenvalue weighted by Crippen LogP contribution is 2.29. The molecule has 0 aromatic heterocycles. The van der Waals surface area contributed by atoms with Crippen molar-refractivity contribution in [2.45, 2.75) is 25.7 Å². The second-order valence-electron chi connectivity index (χ2n) is 3.64. The monoisotopic (exact) mass is 210 g/mol. The lowest BCUT2D eigenvalue weighted by atomic mass is 9.91. The molecule has 0 unspecified atom stereocenters. The van der Waals surface area contributed by atoms with E-state index in [1.165, 1.54) is 30.4 Å². The summed E-state index contributed by atoms with van der Waals surface area (Å²) in [5.74, 6) is 1.60. The van der Waals surface area contributed by atoms with Gasteiger partial charge in [0.2, 0.25) is 0 Å². The van der Waals surface area contributed by atoms with Crippen molar-refractivity contribution in [2.75, 3.05) is 12.5 Å². The Balaban J connectivity index is 2.21. The summed E-state index contributed by atoms with van der Waals surface area (Å²) in [6, 6.07) is 6.34. The average molecular weight is 211 g/mol. The van der Waals surface area contributed by atoms with Crippen molar-refractivity contribution in [3.05, 3.63) is 29.3 Å². The first-order chi connectivity index (χ1) is 6.92. The molecule has 0 aliphatic heterocycles. The van der Waals surface area contributed by atoms with Crippen LogP contribution >= 0.6 is 11.6 Å². The number of hydrogen-bond acceptors (Lipinski definition) is 1. The summed E-state index contributed by atoms with van der Waals surface area (Å²) in [5.41, 5.74) is 2.87. The molecule has 0 bridgehead atoms. The van der Waals surface area contributed by atoms with Crippen molar-refractivity contribution in [1.29, 1.82) is 0 Å². The smallest absolute Gasteiger partial charge is 0.122 e. The third kappa shape index (κ3) is 2.03. The fourth-order valence-electron chi connectivity index (χ4n) is 2.03. The molecule has 0 atom stereocenters. The molecule has 0 radical (unpaired) electrons. The normalized spacial score (nSPS) is 14.9. The Morgan fingerprint density at radius 1 is 1.21 bits per heavy atom. The molecule has 1 aliphatic carbocycles. The second kappa shape index (κ2) is 4.70. The SMILES string of the molecule is ClCCOc1cccc2c1CCCC2. The van der Waals surface area contributed by atoms with Crippen LogP contribution in [0.25, 0.3) is 0 Å². The fraction of sp³-hybridized carbons (Fsp3) is 0.500. The van der Waals surface area contributed by atoms with Gasteiger partial charge in [0.25, 0.3) is 0 Å². The van der Waals surface area contributed by atoms with E-state index in [1.807, 2.05) is 0 Å². The van der Waals surface area contributed by atoms with Gasteiger partial charge in [-0.3, -0.25) is 0 Å². The fourth-order valence-corrected chi connectivity index (χ4v) is 2.11. The van der Waals surface area contributed by atoms with Crippen molar-refractivity contribution < 1.29 is 4.74 Å². The molecule has 1 nitrogen and oxygen atoms in total. The number of halogens is 1. The number of alkyl halides is 1. The van der Waals surface area contributed by atoms with E-state index in [1.54, 1.807) is 0 Å². The topological polar surface area (TPSA) is 9.23 Å². The largest absolute Gasteiger partial charge is 0.492 e. The first kappa shape index (κ1) is 9.85. The summed E-state index contributed by atoms with van der Waals surface area (Å²) < 4.78 is 5.62. The van der Waals surface area contributed by atoms with E-state index < -0.39 is 0 Å². The summed E-state index contributed by atoms with van der Waals surface area (Å²) in [4.78, 5) is 0. The molecule has 1 aliphatic rings. The highest BCUT2D eigenvalue weighted by Gasteiger charge is 2.13. The van der Waals surface area contributed by atoms with Crippen molar-refractivity contribution in [2.24, 2.45) is 0 Å². The molecule has 0 saturated heterocycles. The number of ether oxygens (including phenoxy) is 1.